The maximum Gasteiger partial charge on any atom is 0.320 e. The van der Waals surface area contributed by atoms with E-state index in [4.69, 9.17) is 4.74 Å². The highest BCUT2D eigenvalue weighted by Crippen LogP contribution is 2.08. The van der Waals surface area contributed by atoms with E-state index in [0.29, 0.717) is 5.82 Å². The van der Waals surface area contributed by atoms with Crippen molar-refractivity contribution in [3.05, 3.63) is 23.9 Å². The lowest BCUT2D eigenvalue weighted by Gasteiger charge is -2.35. The van der Waals surface area contributed by atoms with E-state index in [-0.39, 0.29) is 18.1 Å². The summed E-state index contributed by atoms with van der Waals surface area (Å²) in [6.45, 7) is 9.38. The number of rotatable bonds is 4. The Morgan fingerprint density at radius 1 is 1.33 bits per heavy atom. The van der Waals surface area contributed by atoms with Gasteiger partial charge < -0.3 is 10.1 Å². The number of morpholine rings is 1. The average Bonchev–Trinajstić information content (AvgIpc) is 2.47. The molecule has 1 aromatic rings. The van der Waals surface area contributed by atoms with Crippen LogP contribution in [0.3, 0.4) is 0 Å². The average molecular weight is 292 g/mol. The Labute approximate surface area is 125 Å². The van der Waals surface area contributed by atoms with E-state index in [9.17, 15) is 4.79 Å². The fourth-order valence-electron chi connectivity index (χ4n) is 2.39. The van der Waals surface area contributed by atoms with Crippen LogP contribution in [0.25, 0.3) is 0 Å². The number of carbonyl (C=O) groups is 1. The molecule has 2 amide bonds. The van der Waals surface area contributed by atoms with Crippen LogP contribution in [0.1, 0.15) is 19.5 Å². The van der Waals surface area contributed by atoms with Crippen molar-refractivity contribution >= 4 is 11.8 Å². The van der Waals surface area contributed by atoms with Crippen molar-refractivity contribution in [2.75, 3.05) is 31.6 Å². The van der Waals surface area contributed by atoms with Crippen molar-refractivity contribution in [2.24, 2.45) is 0 Å². The molecule has 6 nitrogen and oxygen atoms in total. The minimum atomic E-state index is -0.222. The zero-order valence-corrected chi connectivity index (χ0v) is 12.9. The van der Waals surface area contributed by atoms with Gasteiger partial charge in [-0.3, -0.25) is 10.2 Å². The normalized spacial score (nSPS) is 18.8. The van der Waals surface area contributed by atoms with Crippen molar-refractivity contribution in [3.63, 3.8) is 0 Å². The fraction of sp³-hybridized carbons (Fsp3) is 0.600. The first kappa shape index (κ1) is 15.7. The molecular weight excluding hydrogens is 268 g/mol. The maximum absolute atomic E-state index is 12.0. The van der Waals surface area contributed by atoms with Crippen molar-refractivity contribution in [3.8, 4) is 0 Å². The summed E-state index contributed by atoms with van der Waals surface area (Å²) in [5.74, 6) is 0.568. The first-order chi connectivity index (χ1) is 10.1. The van der Waals surface area contributed by atoms with Crippen LogP contribution >= 0.6 is 0 Å². The number of amides is 2. The molecule has 21 heavy (non-hydrogen) atoms. The van der Waals surface area contributed by atoms with Crippen molar-refractivity contribution < 1.29 is 9.53 Å². The predicted octanol–water partition coefficient (Wildman–Crippen LogP) is 1.62. The number of aryl methyl sites for hydroxylation is 1. The SMILES string of the molecule is Cc1cccc(NC(=O)N[C@H](C)[C@H](C)N2CCOCC2)n1. The molecule has 1 aliphatic rings. The lowest BCUT2D eigenvalue weighted by Crippen LogP contribution is -2.52. The quantitative estimate of drug-likeness (QED) is 0.885. The van der Waals surface area contributed by atoms with Gasteiger partial charge in [0.1, 0.15) is 5.82 Å². The second-order valence-corrected chi connectivity index (χ2v) is 5.44. The van der Waals surface area contributed by atoms with Crippen LogP contribution in [0.2, 0.25) is 0 Å². The second kappa shape index (κ2) is 7.38. The number of aromatic nitrogens is 1. The summed E-state index contributed by atoms with van der Waals surface area (Å²) in [5.41, 5.74) is 0.877. The molecule has 0 radical (unpaired) electrons. The third-order valence-corrected chi connectivity index (χ3v) is 3.83. The van der Waals surface area contributed by atoms with Gasteiger partial charge in [0.25, 0.3) is 0 Å². The van der Waals surface area contributed by atoms with Gasteiger partial charge in [-0.1, -0.05) is 6.07 Å². The summed E-state index contributed by atoms with van der Waals surface area (Å²) >= 11 is 0. The van der Waals surface area contributed by atoms with Crippen LogP contribution in [0.15, 0.2) is 18.2 Å². The summed E-state index contributed by atoms with van der Waals surface area (Å²) in [6, 6.07) is 5.64. The standard InChI is InChI=1S/C15H24N4O2/c1-11-5-4-6-14(16-11)18-15(20)17-12(2)13(3)19-7-9-21-10-8-19/h4-6,12-13H,7-10H2,1-3H3,(H2,16,17,18,20)/t12-,13+/m1/s1. The largest absolute Gasteiger partial charge is 0.379 e. The molecule has 0 saturated carbocycles. The van der Waals surface area contributed by atoms with Crippen LogP contribution in [0.5, 0.6) is 0 Å². The Bertz CT molecular complexity index is 474. The lowest BCUT2D eigenvalue weighted by molar-refractivity contribution is 0.0146. The summed E-state index contributed by atoms with van der Waals surface area (Å²) in [4.78, 5) is 18.6. The Morgan fingerprint density at radius 2 is 2.05 bits per heavy atom. The third-order valence-electron chi connectivity index (χ3n) is 3.83. The van der Waals surface area contributed by atoms with Gasteiger partial charge in [-0.2, -0.15) is 0 Å². The molecule has 1 aromatic heterocycles. The Hall–Kier alpha value is -1.66. The van der Waals surface area contributed by atoms with Gasteiger partial charge in [-0.05, 0) is 32.9 Å². The molecule has 6 heteroatoms. The molecule has 0 aromatic carbocycles. The van der Waals surface area contributed by atoms with E-state index in [1.165, 1.54) is 0 Å². The molecule has 0 unspecified atom stereocenters. The van der Waals surface area contributed by atoms with Gasteiger partial charge in [0.05, 0.1) is 13.2 Å². The monoisotopic (exact) mass is 292 g/mol. The van der Waals surface area contributed by atoms with Gasteiger partial charge in [-0.15, -0.1) is 0 Å². The van der Waals surface area contributed by atoms with E-state index in [2.05, 4.69) is 27.4 Å². The number of nitrogens with zero attached hydrogens (tertiary/aromatic N) is 2. The Morgan fingerprint density at radius 3 is 2.71 bits per heavy atom. The highest BCUT2D eigenvalue weighted by atomic mass is 16.5. The summed E-state index contributed by atoms with van der Waals surface area (Å²) in [7, 11) is 0. The molecule has 1 fully saturated rings. The van der Waals surface area contributed by atoms with Gasteiger partial charge in [0, 0.05) is 30.9 Å². The molecule has 116 valence electrons. The number of urea groups is 1. The predicted molar refractivity (Wildman–Crippen MR) is 82.4 cm³/mol. The number of anilines is 1. The van der Waals surface area contributed by atoms with Crippen molar-refractivity contribution in [2.45, 2.75) is 32.9 Å². The number of pyridine rings is 1. The molecule has 0 spiro atoms. The van der Waals surface area contributed by atoms with Gasteiger partial charge in [-0.25, -0.2) is 9.78 Å². The van der Waals surface area contributed by atoms with Crippen LogP contribution in [0, 0.1) is 6.92 Å². The van der Waals surface area contributed by atoms with E-state index in [1.807, 2.05) is 26.0 Å². The Balaban J connectivity index is 1.83. The number of hydrogen-bond acceptors (Lipinski definition) is 4. The molecule has 1 saturated heterocycles. The van der Waals surface area contributed by atoms with E-state index in [0.717, 1.165) is 32.0 Å². The molecule has 2 rings (SSSR count). The zero-order valence-electron chi connectivity index (χ0n) is 12.9. The molecular formula is C15H24N4O2. The molecule has 2 atom stereocenters. The summed E-state index contributed by atoms with van der Waals surface area (Å²) in [6.07, 6.45) is 0. The second-order valence-electron chi connectivity index (χ2n) is 5.44. The van der Waals surface area contributed by atoms with Crippen LogP contribution in [-0.4, -0.2) is 54.3 Å². The fourth-order valence-corrected chi connectivity index (χ4v) is 2.39. The Kier molecular flexibility index (Phi) is 5.52. The van der Waals surface area contributed by atoms with Crippen LogP contribution < -0.4 is 10.6 Å². The molecule has 0 bridgehead atoms. The maximum atomic E-state index is 12.0. The van der Waals surface area contributed by atoms with E-state index < -0.39 is 0 Å². The highest BCUT2D eigenvalue weighted by molar-refractivity contribution is 5.88. The van der Waals surface area contributed by atoms with Crippen LogP contribution in [-0.2, 0) is 4.74 Å². The minimum Gasteiger partial charge on any atom is -0.379 e. The van der Waals surface area contributed by atoms with Crippen molar-refractivity contribution in [1.82, 2.24) is 15.2 Å². The number of nitrogens with one attached hydrogen (secondary N) is 2. The molecule has 2 N–H and O–H groups in total. The minimum absolute atomic E-state index is 0.0490. The number of ether oxygens (including phenoxy) is 1. The van der Waals surface area contributed by atoms with E-state index in [1.54, 1.807) is 6.07 Å². The van der Waals surface area contributed by atoms with E-state index >= 15 is 0 Å². The zero-order chi connectivity index (χ0) is 15.2. The molecule has 0 aliphatic carbocycles. The lowest BCUT2D eigenvalue weighted by atomic mass is 10.1. The number of carbonyl (C=O) groups excluding carboxylic acids is 1. The smallest absolute Gasteiger partial charge is 0.320 e. The van der Waals surface area contributed by atoms with Gasteiger partial charge in [0.2, 0.25) is 0 Å². The summed E-state index contributed by atoms with van der Waals surface area (Å²) in [5, 5.41) is 5.74. The third kappa shape index (κ3) is 4.68. The topological polar surface area (TPSA) is 66.5 Å². The van der Waals surface area contributed by atoms with Crippen molar-refractivity contribution in [1.29, 1.82) is 0 Å². The molecule has 1 aliphatic heterocycles. The van der Waals surface area contributed by atoms with Gasteiger partial charge >= 0.3 is 6.03 Å². The first-order valence-electron chi connectivity index (χ1n) is 7.39. The highest BCUT2D eigenvalue weighted by Gasteiger charge is 2.23. The number of hydrogen-bond donors (Lipinski definition) is 2. The van der Waals surface area contributed by atoms with Crippen LogP contribution in [0.4, 0.5) is 10.6 Å². The molecule has 2 heterocycles. The van der Waals surface area contributed by atoms with Gasteiger partial charge in [0.15, 0.2) is 0 Å². The summed E-state index contributed by atoms with van der Waals surface area (Å²) < 4.78 is 5.35. The first-order valence-corrected chi connectivity index (χ1v) is 7.39.